The molecule has 8 unspecified atom stereocenters. The van der Waals surface area contributed by atoms with Crippen molar-refractivity contribution in [3.05, 3.63) is 12.2 Å². The third-order valence-electron chi connectivity index (χ3n) is 10.5. The van der Waals surface area contributed by atoms with Gasteiger partial charge in [-0.25, -0.2) is 0 Å². The van der Waals surface area contributed by atoms with E-state index in [1.54, 1.807) is 6.08 Å². The molecule has 1 aliphatic heterocycles. The second kappa shape index (κ2) is 33.2. The monoisotopic (exact) mass is 744 g/mol. The van der Waals surface area contributed by atoms with Gasteiger partial charge in [0.25, 0.3) is 0 Å². The molecule has 7 N–H and O–H groups in total. The minimum atomic E-state index is -1.61. The molecule has 1 amide bonds. The van der Waals surface area contributed by atoms with Crippen molar-refractivity contribution in [2.75, 3.05) is 13.2 Å². The fourth-order valence-electron chi connectivity index (χ4n) is 6.87. The molecule has 8 atom stereocenters. The summed E-state index contributed by atoms with van der Waals surface area (Å²) in [6.45, 7) is 3.59. The van der Waals surface area contributed by atoms with Gasteiger partial charge >= 0.3 is 0 Å². The quantitative estimate of drug-likeness (QED) is 0.0264. The summed E-state index contributed by atoms with van der Waals surface area (Å²) in [6, 6.07) is -0.973. The molecule has 0 aromatic carbocycles. The van der Waals surface area contributed by atoms with E-state index in [-0.39, 0.29) is 6.61 Å². The van der Waals surface area contributed by atoms with E-state index in [0.717, 1.165) is 44.9 Å². The van der Waals surface area contributed by atoms with Crippen LogP contribution in [-0.2, 0) is 14.3 Å². The number of nitrogens with one attached hydrogen (secondary N) is 1. The van der Waals surface area contributed by atoms with Crippen molar-refractivity contribution in [1.29, 1.82) is 0 Å². The molecule has 1 rings (SSSR count). The van der Waals surface area contributed by atoms with E-state index in [2.05, 4.69) is 19.2 Å². The van der Waals surface area contributed by atoms with Crippen LogP contribution in [0.1, 0.15) is 187 Å². The van der Waals surface area contributed by atoms with Crippen LogP contribution in [0.15, 0.2) is 12.2 Å². The molecule has 0 aromatic rings. The molecule has 10 heteroatoms. The summed E-state index contributed by atoms with van der Waals surface area (Å²) in [6.07, 6.45) is 25.8. The zero-order valence-electron chi connectivity index (χ0n) is 33.2. The molecule has 0 spiro atoms. The van der Waals surface area contributed by atoms with Crippen molar-refractivity contribution in [2.45, 2.75) is 236 Å². The summed E-state index contributed by atoms with van der Waals surface area (Å²) in [4.78, 5) is 13.0. The standard InChI is InChI=1S/C42H81NO9/c1-3-5-7-9-11-13-15-17-19-21-23-25-27-29-31-36(46)41(50)43-34(33-51-42-40(49)39(48)38(47)37(32-44)52-42)35(45)30-28-26-24-22-20-18-16-14-12-10-8-6-4-2/h28,30,34-40,42,44-49H,3-27,29,31-33H2,1-2H3,(H,43,50). The molecule has 0 aromatic heterocycles. The number of hydrogen-bond acceptors (Lipinski definition) is 9. The Morgan fingerprint density at radius 2 is 1.10 bits per heavy atom. The zero-order valence-corrected chi connectivity index (χ0v) is 33.2. The maximum atomic E-state index is 13.0. The number of allylic oxidation sites excluding steroid dienone is 1. The number of aliphatic hydroxyl groups is 6. The van der Waals surface area contributed by atoms with Crippen LogP contribution < -0.4 is 5.32 Å². The van der Waals surface area contributed by atoms with Crippen molar-refractivity contribution in [1.82, 2.24) is 5.32 Å². The average molecular weight is 744 g/mol. The minimum Gasteiger partial charge on any atom is -0.394 e. The predicted octanol–water partition coefficient (Wildman–Crippen LogP) is 7.14. The largest absolute Gasteiger partial charge is 0.394 e. The van der Waals surface area contributed by atoms with E-state index in [0.29, 0.717) is 6.42 Å². The minimum absolute atomic E-state index is 0.302. The van der Waals surface area contributed by atoms with Gasteiger partial charge in [0.2, 0.25) is 5.91 Å². The Kier molecular flexibility index (Phi) is 31.3. The summed E-state index contributed by atoms with van der Waals surface area (Å²) in [7, 11) is 0. The van der Waals surface area contributed by atoms with Gasteiger partial charge in [-0.2, -0.15) is 0 Å². The topological polar surface area (TPSA) is 169 Å². The second-order valence-electron chi connectivity index (χ2n) is 15.3. The van der Waals surface area contributed by atoms with Crippen molar-refractivity contribution >= 4 is 5.91 Å². The number of amides is 1. The highest BCUT2D eigenvalue weighted by Crippen LogP contribution is 2.23. The van der Waals surface area contributed by atoms with Crippen LogP contribution in [0.3, 0.4) is 0 Å². The number of rotatable bonds is 35. The van der Waals surface area contributed by atoms with Crippen LogP contribution >= 0.6 is 0 Å². The van der Waals surface area contributed by atoms with E-state index in [4.69, 9.17) is 9.47 Å². The van der Waals surface area contributed by atoms with Crippen LogP contribution in [0.5, 0.6) is 0 Å². The summed E-state index contributed by atoms with van der Waals surface area (Å²) >= 11 is 0. The molecule has 52 heavy (non-hydrogen) atoms. The van der Waals surface area contributed by atoms with E-state index >= 15 is 0 Å². The van der Waals surface area contributed by atoms with Crippen molar-refractivity contribution in [3.8, 4) is 0 Å². The molecular formula is C42H81NO9. The van der Waals surface area contributed by atoms with Gasteiger partial charge in [0, 0.05) is 0 Å². The highest BCUT2D eigenvalue weighted by molar-refractivity contribution is 5.80. The molecule has 1 fully saturated rings. The van der Waals surface area contributed by atoms with Gasteiger partial charge in [-0.15, -0.1) is 0 Å². The predicted molar refractivity (Wildman–Crippen MR) is 209 cm³/mol. The fraction of sp³-hybridized carbons (Fsp3) is 0.929. The zero-order chi connectivity index (χ0) is 38.2. The molecule has 0 aliphatic carbocycles. The Hall–Kier alpha value is -1.11. The third-order valence-corrected chi connectivity index (χ3v) is 10.5. The van der Waals surface area contributed by atoms with Crippen LogP contribution in [0.25, 0.3) is 0 Å². The summed E-state index contributed by atoms with van der Waals surface area (Å²) in [5, 5.41) is 64.5. The SMILES string of the molecule is CCCCCCCCCCCCCC=CC(O)C(COC1OC(CO)C(O)C(O)C1O)NC(=O)C(O)CCCCCCCCCCCCCCCC. The Labute approximate surface area is 317 Å². The van der Waals surface area contributed by atoms with Crippen molar-refractivity contribution < 1.29 is 44.9 Å². The normalized spacial score (nSPS) is 22.5. The van der Waals surface area contributed by atoms with Gasteiger partial charge in [0.1, 0.15) is 30.5 Å². The molecule has 1 aliphatic rings. The van der Waals surface area contributed by atoms with Crippen LogP contribution in [0.2, 0.25) is 0 Å². The summed E-state index contributed by atoms with van der Waals surface area (Å²) in [5.74, 6) is -0.616. The number of aliphatic hydroxyl groups excluding tert-OH is 6. The molecule has 0 bridgehead atoms. The molecule has 308 valence electrons. The highest BCUT2D eigenvalue weighted by atomic mass is 16.7. The lowest BCUT2D eigenvalue weighted by Gasteiger charge is -2.40. The number of hydrogen-bond donors (Lipinski definition) is 7. The maximum absolute atomic E-state index is 13.0. The fourth-order valence-corrected chi connectivity index (χ4v) is 6.87. The van der Waals surface area contributed by atoms with Crippen molar-refractivity contribution in [3.63, 3.8) is 0 Å². The number of carbonyl (C=O) groups excluding carboxylic acids is 1. The third kappa shape index (κ3) is 23.6. The first kappa shape index (κ1) is 48.9. The number of ether oxygens (including phenoxy) is 2. The van der Waals surface area contributed by atoms with E-state index < -0.39 is 61.5 Å². The average Bonchev–Trinajstić information content (AvgIpc) is 3.14. The van der Waals surface area contributed by atoms with Crippen molar-refractivity contribution in [2.24, 2.45) is 0 Å². The van der Waals surface area contributed by atoms with Crippen LogP contribution in [-0.4, -0.2) is 98.7 Å². The van der Waals surface area contributed by atoms with E-state index in [1.165, 1.54) is 122 Å². The Morgan fingerprint density at radius 3 is 1.56 bits per heavy atom. The van der Waals surface area contributed by atoms with Crippen LogP contribution in [0.4, 0.5) is 0 Å². The first-order valence-corrected chi connectivity index (χ1v) is 21.5. The van der Waals surface area contributed by atoms with Gasteiger partial charge in [-0.1, -0.05) is 180 Å². The summed E-state index contributed by atoms with van der Waals surface area (Å²) < 4.78 is 11.1. The van der Waals surface area contributed by atoms with Gasteiger partial charge in [0.15, 0.2) is 6.29 Å². The second-order valence-corrected chi connectivity index (χ2v) is 15.3. The first-order chi connectivity index (χ1) is 25.3. The Bertz CT molecular complexity index is 844. The number of carbonyl (C=O) groups is 1. The lowest BCUT2D eigenvalue weighted by Crippen LogP contribution is -2.60. The summed E-state index contributed by atoms with van der Waals surface area (Å²) in [5.41, 5.74) is 0. The first-order valence-electron chi connectivity index (χ1n) is 21.5. The van der Waals surface area contributed by atoms with Gasteiger partial charge < -0.3 is 45.4 Å². The molecule has 0 saturated carbocycles. The lowest BCUT2D eigenvalue weighted by molar-refractivity contribution is -0.302. The van der Waals surface area contributed by atoms with Gasteiger partial charge in [-0.3, -0.25) is 4.79 Å². The maximum Gasteiger partial charge on any atom is 0.249 e. The molecule has 0 radical (unpaired) electrons. The van der Waals surface area contributed by atoms with E-state index in [1.807, 2.05) is 6.08 Å². The van der Waals surface area contributed by atoms with Gasteiger partial charge in [-0.05, 0) is 19.3 Å². The molecule has 10 nitrogen and oxygen atoms in total. The number of unbranched alkanes of at least 4 members (excludes halogenated alkanes) is 24. The molecule has 1 heterocycles. The van der Waals surface area contributed by atoms with E-state index in [9.17, 15) is 35.4 Å². The lowest BCUT2D eigenvalue weighted by atomic mass is 9.99. The molecular weight excluding hydrogens is 662 g/mol. The molecule has 1 saturated heterocycles. The Morgan fingerprint density at radius 1 is 0.654 bits per heavy atom. The highest BCUT2D eigenvalue weighted by Gasteiger charge is 2.44. The Balaban J connectivity index is 2.46. The smallest absolute Gasteiger partial charge is 0.249 e. The van der Waals surface area contributed by atoms with Gasteiger partial charge in [0.05, 0.1) is 25.4 Å². The van der Waals surface area contributed by atoms with Crippen LogP contribution in [0, 0.1) is 0 Å².